The minimum Gasteiger partial charge on any atom is -0.444 e. The highest BCUT2D eigenvalue weighted by atomic mass is 16.6. The fraction of sp³-hybridized carbons (Fsp3) is 0.269. The number of hydrogen-bond donors (Lipinski definition) is 1. The first kappa shape index (κ1) is 24.4. The minimum absolute atomic E-state index is 0.114. The zero-order valence-electron chi connectivity index (χ0n) is 19.3. The van der Waals surface area contributed by atoms with Crippen molar-refractivity contribution in [3.8, 4) is 6.07 Å². The summed E-state index contributed by atoms with van der Waals surface area (Å²) in [6.45, 7) is 5.34. The second kappa shape index (κ2) is 10.6. The minimum atomic E-state index is -0.695. The van der Waals surface area contributed by atoms with Crippen LogP contribution in [0.15, 0.2) is 72.9 Å². The number of carbonyl (C=O) groups is 1. The SMILES string of the molecule is CC(C)(C)OC(=O)N[C@@H](c1ccc(C#N)cc1)[C@H](Cc1ccccc1)c1ccc([N+](=O)[O-])cn1. The second-order valence-corrected chi connectivity index (χ2v) is 8.85. The summed E-state index contributed by atoms with van der Waals surface area (Å²) in [5.41, 5.74) is 2.04. The monoisotopic (exact) mass is 458 g/mol. The summed E-state index contributed by atoms with van der Waals surface area (Å²) in [7, 11) is 0. The number of amides is 1. The van der Waals surface area contributed by atoms with Gasteiger partial charge in [-0.3, -0.25) is 15.1 Å². The van der Waals surface area contributed by atoms with Gasteiger partial charge >= 0.3 is 6.09 Å². The fourth-order valence-corrected chi connectivity index (χ4v) is 3.60. The lowest BCUT2D eigenvalue weighted by Gasteiger charge is -2.30. The summed E-state index contributed by atoms with van der Waals surface area (Å²) in [4.78, 5) is 27.8. The molecule has 1 N–H and O–H groups in total. The number of rotatable bonds is 7. The van der Waals surface area contributed by atoms with Gasteiger partial charge in [-0.1, -0.05) is 42.5 Å². The van der Waals surface area contributed by atoms with Crippen LogP contribution in [-0.4, -0.2) is 21.6 Å². The van der Waals surface area contributed by atoms with Crippen molar-refractivity contribution in [3.63, 3.8) is 0 Å². The molecular weight excluding hydrogens is 432 g/mol. The number of carbonyl (C=O) groups excluding carboxylic acids is 1. The molecule has 0 bridgehead atoms. The molecule has 0 saturated carbocycles. The molecule has 174 valence electrons. The van der Waals surface area contributed by atoms with Gasteiger partial charge in [-0.25, -0.2) is 4.79 Å². The Bertz CT molecular complexity index is 1160. The van der Waals surface area contributed by atoms with Gasteiger partial charge in [-0.2, -0.15) is 5.26 Å². The number of nitro groups is 1. The average molecular weight is 459 g/mol. The van der Waals surface area contributed by atoms with Gasteiger partial charge in [0.25, 0.3) is 5.69 Å². The summed E-state index contributed by atoms with van der Waals surface area (Å²) in [6.07, 6.45) is 1.13. The van der Waals surface area contributed by atoms with Gasteiger partial charge in [-0.05, 0) is 56.5 Å². The zero-order valence-corrected chi connectivity index (χ0v) is 19.3. The van der Waals surface area contributed by atoms with E-state index in [0.717, 1.165) is 11.1 Å². The van der Waals surface area contributed by atoms with Gasteiger partial charge in [0.05, 0.1) is 22.6 Å². The lowest BCUT2D eigenvalue weighted by atomic mass is 9.84. The Labute approximate surface area is 198 Å². The highest BCUT2D eigenvalue weighted by Crippen LogP contribution is 2.34. The normalized spacial score (nSPS) is 12.8. The number of ether oxygens (including phenoxy) is 1. The van der Waals surface area contributed by atoms with Gasteiger partial charge in [0.15, 0.2) is 0 Å². The van der Waals surface area contributed by atoms with E-state index in [1.54, 1.807) is 51.1 Å². The molecule has 1 amide bonds. The Morgan fingerprint density at radius 1 is 1.12 bits per heavy atom. The molecule has 0 spiro atoms. The van der Waals surface area contributed by atoms with Crippen molar-refractivity contribution in [1.82, 2.24) is 10.3 Å². The number of hydrogen-bond acceptors (Lipinski definition) is 6. The van der Waals surface area contributed by atoms with Gasteiger partial charge in [0.2, 0.25) is 0 Å². The first-order valence-electron chi connectivity index (χ1n) is 10.8. The molecule has 1 aromatic heterocycles. The number of nitrogens with zero attached hydrogens (tertiary/aromatic N) is 3. The molecule has 0 fully saturated rings. The van der Waals surface area contributed by atoms with Crippen LogP contribution >= 0.6 is 0 Å². The third-order valence-electron chi connectivity index (χ3n) is 5.13. The quantitative estimate of drug-likeness (QED) is 0.371. The third-order valence-corrected chi connectivity index (χ3v) is 5.13. The first-order valence-corrected chi connectivity index (χ1v) is 10.8. The van der Waals surface area contributed by atoms with Crippen molar-refractivity contribution in [1.29, 1.82) is 5.26 Å². The Morgan fingerprint density at radius 2 is 1.79 bits per heavy atom. The van der Waals surface area contributed by atoms with Crippen LogP contribution in [0.3, 0.4) is 0 Å². The number of pyridine rings is 1. The lowest BCUT2D eigenvalue weighted by Crippen LogP contribution is -2.38. The molecule has 8 nitrogen and oxygen atoms in total. The second-order valence-electron chi connectivity index (χ2n) is 8.85. The van der Waals surface area contributed by atoms with E-state index in [1.165, 1.54) is 12.3 Å². The van der Waals surface area contributed by atoms with Crippen LogP contribution < -0.4 is 5.32 Å². The number of benzene rings is 2. The van der Waals surface area contributed by atoms with Gasteiger partial charge < -0.3 is 10.1 Å². The molecule has 3 rings (SSSR count). The van der Waals surface area contributed by atoms with Gasteiger partial charge in [0.1, 0.15) is 11.8 Å². The van der Waals surface area contributed by atoms with Crippen LogP contribution in [0.4, 0.5) is 10.5 Å². The Balaban J connectivity index is 2.07. The molecule has 1 heterocycles. The molecule has 0 unspecified atom stereocenters. The summed E-state index contributed by atoms with van der Waals surface area (Å²) in [5, 5.41) is 23.3. The van der Waals surface area contributed by atoms with E-state index in [-0.39, 0.29) is 11.6 Å². The molecular formula is C26H26N4O4. The van der Waals surface area contributed by atoms with Crippen LogP contribution in [0.2, 0.25) is 0 Å². The Morgan fingerprint density at radius 3 is 2.32 bits per heavy atom. The zero-order chi connectivity index (χ0) is 24.7. The summed E-state index contributed by atoms with van der Waals surface area (Å²) in [6, 6.07) is 21.2. The van der Waals surface area contributed by atoms with Crippen molar-refractivity contribution in [2.75, 3.05) is 0 Å². The van der Waals surface area contributed by atoms with E-state index >= 15 is 0 Å². The highest BCUT2D eigenvalue weighted by Gasteiger charge is 2.30. The van der Waals surface area contributed by atoms with Crippen molar-refractivity contribution < 1.29 is 14.5 Å². The maximum absolute atomic E-state index is 12.8. The smallest absolute Gasteiger partial charge is 0.408 e. The Hall–Kier alpha value is -4.25. The number of alkyl carbamates (subject to hydrolysis) is 1. The number of nitrogens with one attached hydrogen (secondary N) is 1. The van der Waals surface area contributed by atoms with E-state index in [9.17, 15) is 20.2 Å². The largest absolute Gasteiger partial charge is 0.444 e. The van der Waals surface area contributed by atoms with Crippen LogP contribution in [0.25, 0.3) is 0 Å². The molecule has 0 radical (unpaired) electrons. The standard InChI is InChI=1S/C26H26N4O4/c1-26(2,3)34-25(31)29-24(20-11-9-19(16-27)10-12-20)22(15-18-7-5-4-6-8-18)23-14-13-21(17-28-23)30(32)33/h4-14,17,22,24H,15H2,1-3H3,(H,29,31)/t22-,24+/m1/s1. The molecule has 2 aromatic carbocycles. The van der Waals surface area contributed by atoms with Gasteiger partial charge in [-0.15, -0.1) is 0 Å². The summed E-state index contributed by atoms with van der Waals surface area (Å²) < 4.78 is 5.51. The molecule has 0 aliphatic heterocycles. The van der Waals surface area contributed by atoms with Crippen LogP contribution in [0.1, 0.15) is 55.1 Å². The highest BCUT2D eigenvalue weighted by molar-refractivity contribution is 5.68. The van der Waals surface area contributed by atoms with Crippen molar-refractivity contribution >= 4 is 11.8 Å². The van der Waals surface area contributed by atoms with Crippen LogP contribution in [-0.2, 0) is 11.2 Å². The lowest BCUT2D eigenvalue weighted by molar-refractivity contribution is -0.385. The molecule has 3 aromatic rings. The first-order chi connectivity index (χ1) is 16.2. The maximum Gasteiger partial charge on any atom is 0.408 e. The van der Waals surface area contributed by atoms with Crippen molar-refractivity contribution in [2.45, 2.75) is 44.8 Å². The molecule has 2 atom stereocenters. The predicted molar refractivity (Wildman–Crippen MR) is 127 cm³/mol. The summed E-state index contributed by atoms with van der Waals surface area (Å²) in [5.74, 6) is -0.372. The Kier molecular flexibility index (Phi) is 7.59. The summed E-state index contributed by atoms with van der Waals surface area (Å²) >= 11 is 0. The van der Waals surface area contributed by atoms with E-state index in [2.05, 4.69) is 16.4 Å². The van der Waals surface area contributed by atoms with Gasteiger partial charge in [0, 0.05) is 17.7 Å². The number of aromatic nitrogens is 1. The molecule has 0 aliphatic carbocycles. The number of nitriles is 1. The van der Waals surface area contributed by atoms with E-state index in [4.69, 9.17) is 4.74 Å². The maximum atomic E-state index is 12.8. The van der Waals surface area contributed by atoms with Crippen molar-refractivity contribution in [3.05, 3.63) is 105 Å². The van der Waals surface area contributed by atoms with Crippen LogP contribution in [0.5, 0.6) is 0 Å². The molecule has 34 heavy (non-hydrogen) atoms. The van der Waals surface area contributed by atoms with Crippen molar-refractivity contribution in [2.24, 2.45) is 0 Å². The van der Waals surface area contributed by atoms with Crippen LogP contribution in [0, 0.1) is 21.4 Å². The van der Waals surface area contributed by atoms with E-state index in [0.29, 0.717) is 17.7 Å². The fourth-order valence-electron chi connectivity index (χ4n) is 3.60. The predicted octanol–water partition coefficient (Wildman–Crippen LogP) is 5.45. The molecule has 0 aliphatic rings. The molecule has 8 heteroatoms. The van der Waals surface area contributed by atoms with E-state index in [1.807, 2.05) is 30.3 Å². The van der Waals surface area contributed by atoms with E-state index < -0.39 is 22.7 Å². The molecule has 0 saturated heterocycles. The third kappa shape index (κ3) is 6.62. The topological polar surface area (TPSA) is 118 Å². The average Bonchev–Trinajstić information content (AvgIpc) is 2.81.